The van der Waals surface area contributed by atoms with E-state index in [1.54, 1.807) is 6.20 Å². The van der Waals surface area contributed by atoms with Gasteiger partial charge in [-0.2, -0.15) is 0 Å². The Morgan fingerprint density at radius 1 is 1.17 bits per heavy atom. The second kappa shape index (κ2) is 11.6. The number of benzene rings is 1. The van der Waals surface area contributed by atoms with Gasteiger partial charge in [0.05, 0.1) is 11.9 Å². The number of fused-ring (bicyclic) bond motifs is 3. The summed E-state index contributed by atoms with van der Waals surface area (Å²) in [7, 11) is 1.82. The molecule has 0 fully saturated rings. The molecule has 0 aliphatic carbocycles. The summed E-state index contributed by atoms with van der Waals surface area (Å²) in [5, 5.41) is 9.33. The van der Waals surface area contributed by atoms with E-state index in [1.807, 2.05) is 48.0 Å². The van der Waals surface area contributed by atoms with Gasteiger partial charge in [0.2, 0.25) is 12.4 Å². The molecule has 4 aromatic heterocycles. The van der Waals surface area contributed by atoms with Crippen LogP contribution in [0.15, 0.2) is 47.2 Å². The molecular weight excluding hydrogens is 476 g/mol. The summed E-state index contributed by atoms with van der Waals surface area (Å²) in [6.07, 6.45) is 5.54. The normalized spacial score (nSPS) is 10.8. The van der Waals surface area contributed by atoms with Gasteiger partial charge in [0, 0.05) is 36.0 Å². The summed E-state index contributed by atoms with van der Waals surface area (Å²) in [6, 6.07) is 9.40. The molecule has 0 radical (unpaired) electrons. The number of anilines is 3. The maximum Gasteiger partial charge on any atom is 0.221 e. The van der Waals surface area contributed by atoms with Crippen LogP contribution in [0.3, 0.4) is 0 Å². The largest absolute Gasteiger partial charge is 0.370 e. The Morgan fingerprint density at radius 3 is 2.42 bits per heavy atom. The number of amides is 1. The molecule has 0 aliphatic heterocycles. The SMILES string of the molecule is CCC.CNc1cc(C(C)(C)C)on1.Nc1ncc2c(n1)sc1nc(-c3ccc(NC=O)cc3)cn12. The van der Waals surface area contributed by atoms with E-state index in [-0.39, 0.29) is 11.4 Å². The molecule has 0 spiro atoms. The number of hydrogen-bond acceptors (Lipinski definition) is 9. The van der Waals surface area contributed by atoms with Gasteiger partial charge in [-0.25, -0.2) is 15.0 Å². The molecule has 1 amide bonds. The number of rotatable bonds is 4. The second-order valence-electron chi connectivity index (χ2n) is 8.92. The summed E-state index contributed by atoms with van der Waals surface area (Å²) >= 11 is 1.46. The lowest BCUT2D eigenvalue weighted by Gasteiger charge is -2.11. The number of hydrogen-bond donors (Lipinski definition) is 3. The average molecular weight is 509 g/mol. The first-order valence-corrected chi connectivity index (χ1v) is 12.4. The van der Waals surface area contributed by atoms with Crippen molar-refractivity contribution in [1.82, 2.24) is 24.5 Å². The minimum absolute atomic E-state index is 0.0437. The fourth-order valence-electron chi connectivity index (χ4n) is 3.00. The van der Waals surface area contributed by atoms with Crippen molar-refractivity contribution in [3.8, 4) is 11.3 Å². The summed E-state index contributed by atoms with van der Waals surface area (Å²) in [5.74, 6) is 1.95. The summed E-state index contributed by atoms with van der Waals surface area (Å²) in [4.78, 5) is 24.9. The predicted octanol–water partition coefficient (Wildman–Crippen LogP) is 5.59. The molecule has 5 rings (SSSR count). The van der Waals surface area contributed by atoms with Crippen LogP contribution in [-0.2, 0) is 10.2 Å². The Labute approximate surface area is 214 Å². The van der Waals surface area contributed by atoms with Crippen LogP contribution in [0.1, 0.15) is 46.8 Å². The number of imidazole rings is 1. The van der Waals surface area contributed by atoms with E-state index in [9.17, 15) is 4.79 Å². The van der Waals surface area contributed by atoms with Crippen molar-refractivity contribution in [3.63, 3.8) is 0 Å². The standard InChI is InChI=1S/C14H10N6OS.C8H14N2O.C3H8/c15-13-16-5-11-12(19-13)22-14-18-10(6-20(11)14)8-1-3-9(4-2-8)17-7-21;1-8(2,3)6-5-7(9-4)10-11-6;1-3-2/h1-7H,(H,17,21)(H2,15,16,19);5H,1-4H3,(H,9,10);3H2,1-2H3. The van der Waals surface area contributed by atoms with Gasteiger partial charge < -0.3 is 20.9 Å². The molecule has 11 heteroatoms. The molecular formula is C25H32N8O2S. The number of aromatic nitrogens is 5. The van der Waals surface area contributed by atoms with E-state index in [2.05, 4.69) is 65.4 Å². The van der Waals surface area contributed by atoms with Crippen molar-refractivity contribution in [2.75, 3.05) is 23.4 Å². The molecule has 1 aromatic carbocycles. The molecule has 0 aliphatic rings. The molecule has 36 heavy (non-hydrogen) atoms. The van der Waals surface area contributed by atoms with Crippen molar-refractivity contribution < 1.29 is 9.32 Å². The molecule has 10 nitrogen and oxygen atoms in total. The first-order chi connectivity index (χ1) is 17.2. The van der Waals surface area contributed by atoms with Crippen molar-refractivity contribution >= 4 is 50.5 Å². The zero-order valence-electron chi connectivity index (χ0n) is 21.4. The molecule has 0 unspecified atom stereocenters. The zero-order valence-corrected chi connectivity index (χ0v) is 22.2. The van der Waals surface area contributed by atoms with Gasteiger partial charge >= 0.3 is 0 Å². The molecule has 4 N–H and O–H groups in total. The van der Waals surface area contributed by atoms with Gasteiger partial charge in [-0.05, 0) is 12.1 Å². The van der Waals surface area contributed by atoms with Crippen LogP contribution in [0.4, 0.5) is 17.5 Å². The van der Waals surface area contributed by atoms with Gasteiger partial charge in [0.15, 0.2) is 10.8 Å². The van der Waals surface area contributed by atoms with Crippen LogP contribution in [0, 0.1) is 0 Å². The number of nitrogen functional groups attached to an aromatic ring is 1. The van der Waals surface area contributed by atoms with E-state index in [0.29, 0.717) is 6.41 Å². The maximum absolute atomic E-state index is 10.4. The number of nitrogens with one attached hydrogen (secondary N) is 2. The van der Waals surface area contributed by atoms with Crippen molar-refractivity contribution in [2.45, 2.75) is 46.5 Å². The first-order valence-electron chi connectivity index (χ1n) is 11.6. The fraction of sp³-hybridized carbons (Fsp3) is 0.320. The average Bonchev–Trinajstić information content (AvgIpc) is 3.55. The van der Waals surface area contributed by atoms with Crippen LogP contribution in [0.25, 0.3) is 26.6 Å². The van der Waals surface area contributed by atoms with Crippen LogP contribution >= 0.6 is 11.3 Å². The number of carbonyl (C=O) groups excluding carboxylic acids is 1. The van der Waals surface area contributed by atoms with Crippen LogP contribution in [0.2, 0.25) is 0 Å². The van der Waals surface area contributed by atoms with E-state index in [1.165, 1.54) is 17.8 Å². The van der Waals surface area contributed by atoms with Crippen LogP contribution in [0.5, 0.6) is 0 Å². The Kier molecular flexibility index (Phi) is 8.59. The lowest BCUT2D eigenvalue weighted by molar-refractivity contribution is -0.105. The van der Waals surface area contributed by atoms with Crippen LogP contribution in [-0.4, -0.2) is 38.0 Å². The number of nitrogens with two attached hydrogens (primary N) is 1. The summed E-state index contributed by atoms with van der Waals surface area (Å²) in [6.45, 7) is 10.5. The first kappa shape index (κ1) is 26.6. The van der Waals surface area contributed by atoms with Gasteiger partial charge in [-0.3, -0.25) is 9.20 Å². The lowest BCUT2D eigenvalue weighted by Crippen LogP contribution is -2.09. The lowest BCUT2D eigenvalue weighted by atomic mass is 9.93. The molecule has 0 saturated carbocycles. The number of thiazole rings is 1. The predicted molar refractivity (Wildman–Crippen MR) is 146 cm³/mol. The smallest absolute Gasteiger partial charge is 0.221 e. The minimum atomic E-state index is 0.0437. The molecule has 4 heterocycles. The van der Waals surface area contributed by atoms with Gasteiger partial charge in [-0.15, -0.1) is 0 Å². The Bertz CT molecular complexity index is 1410. The Morgan fingerprint density at radius 2 is 1.86 bits per heavy atom. The highest BCUT2D eigenvalue weighted by molar-refractivity contribution is 7.23. The second-order valence-corrected chi connectivity index (χ2v) is 9.88. The third-order valence-corrected chi connectivity index (χ3v) is 5.75. The maximum atomic E-state index is 10.4. The highest BCUT2D eigenvalue weighted by Gasteiger charge is 2.19. The van der Waals surface area contributed by atoms with Crippen molar-refractivity contribution in [1.29, 1.82) is 0 Å². The fourth-order valence-corrected chi connectivity index (χ4v) is 3.96. The van der Waals surface area contributed by atoms with E-state index in [4.69, 9.17) is 10.3 Å². The van der Waals surface area contributed by atoms with Gasteiger partial charge in [0.1, 0.15) is 16.1 Å². The number of carbonyl (C=O) groups is 1. The highest BCUT2D eigenvalue weighted by Crippen LogP contribution is 2.28. The Balaban J connectivity index is 0.000000217. The summed E-state index contributed by atoms with van der Waals surface area (Å²) < 4.78 is 7.06. The molecule has 0 bridgehead atoms. The van der Waals surface area contributed by atoms with Gasteiger partial charge in [0.25, 0.3) is 0 Å². The molecule has 0 atom stereocenters. The highest BCUT2D eigenvalue weighted by atomic mass is 32.1. The van der Waals surface area contributed by atoms with Gasteiger partial charge in [-0.1, -0.05) is 69.7 Å². The van der Waals surface area contributed by atoms with Crippen molar-refractivity contribution in [3.05, 3.63) is 48.5 Å². The number of nitrogens with zero attached hydrogens (tertiary/aromatic N) is 5. The zero-order chi connectivity index (χ0) is 26.3. The third kappa shape index (κ3) is 6.36. The topological polar surface area (TPSA) is 136 Å². The van der Waals surface area contributed by atoms with E-state index < -0.39 is 0 Å². The van der Waals surface area contributed by atoms with Crippen molar-refractivity contribution in [2.24, 2.45) is 0 Å². The molecule has 190 valence electrons. The monoisotopic (exact) mass is 508 g/mol. The van der Waals surface area contributed by atoms with E-state index >= 15 is 0 Å². The van der Waals surface area contributed by atoms with E-state index in [0.717, 1.165) is 43.8 Å². The molecule has 5 aromatic rings. The quantitative estimate of drug-likeness (QED) is 0.267. The summed E-state index contributed by atoms with van der Waals surface area (Å²) in [5.41, 5.74) is 9.09. The minimum Gasteiger partial charge on any atom is -0.370 e. The Hall–Kier alpha value is -3.99. The third-order valence-electron chi connectivity index (χ3n) is 4.79. The van der Waals surface area contributed by atoms with Crippen LogP contribution < -0.4 is 16.4 Å². The molecule has 0 saturated heterocycles.